The summed E-state index contributed by atoms with van der Waals surface area (Å²) in [7, 11) is 1.61. The van der Waals surface area contributed by atoms with Crippen molar-refractivity contribution in [3.8, 4) is 0 Å². The number of imide groups is 1. The summed E-state index contributed by atoms with van der Waals surface area (Å²) in [6.07, 6.45) is 7.93. The fraction of sp³-hybridized carbons (Fsp3) is 0.741. The fourth-order valence-corrected chi connectivity index (χ4v) is 6.26. The number of amides is 5. The maximum absolute atomic E-state index is 12.5. The number of likely N-dealkylation sites (tertiary alicyclic amines) is 1. The fourth-order valence-electron chi connectivity index (χ4n) is 5.18. The summed E-state index contributed by atoms with van der Waals surface area (Å²) in [6, 6.07) is 0. The van der Waals surface area contributed by atoms with Crippen LogP contribution in [0, 0.1) is 11.8 Å². The lowest BCUT2D eigenvalue weighted by Crippen LogP contribution is -2.42. The van der Waals surface area contributed by atoms with Gasteiger partial charge in [-0.05, 0) is 50.5 Å². The standard InChI is InChI=1S/C27H42N4O7S/c1-38-15-16-39-21-17-25(35)31(27(21)37)13-4-2-3-5-22(32)29-18-19-6-8-20(9-7-19)26(36)28-12-14-30-23(33)10-11-24(30)34/h10-11,19-21,23,33H,2-9,12-18H2,1H3,(H,28,36)(H,29,32). The minimum atomic E-state index is -0.921. The van der Waals surface area contributed by atoms with Crippen molar-refractivity contribution in [2.75, 3.05) is 45.6 Å². The van der Waals surface area contributed by atoms with Crippen LogP contribution >= 0.6 is 11.8 Å². The number of nitrogens with one attached hydrogen (secondary N) is 2. The molecule has 11 nitrogen and oxygen atoms in total. The first-order chi connectivity index (χ1) is 18.8. The van der Waals surface area contributed by atoms with Gasteiger partial charge in [-0.3, -0.25) is 28.9 Å². The normalized spacial score (nSPS) is 25.0. The van der Waals surface area contributed by atoms with Crippen LogP contribution in [0.5, 0.6) is 0 Å². The van der Waals surface area contributed by atoms with Gasteiger partial charge in [0, 0.05) is 63.9 Å². The third kappa shape index (κ3) is 9.61. The second-order valence-electron chi connectivity index (χ2n) is 10.4. The Balaban J connectivity index is 1.20. The van der Waals surface area contributed by atoms with Crippen molar-refractivity contribution in [2.24, 2.45) is 11.8 Å². The van der Waals surface area contributed by atoms with Crippen molar-refractivity contribution < 1.29 is 33.8 Å². The molecule has 2 fully saturated rings. The molecule has 3 rings (SSSR count). The van der Waals surface area contributed by atoms with Crippen molar-refractivity contribution in [2.45, 2.75) is 69.3 Å². The molecule has 2 atom stereocenters. The van der Waals surface area contributed by atoms with Gasteiger partial charge in [0.1, 0.15) is 6.23 Å². The van der Waals surface area contributed by atoms with Crippen molar-refractivity contribution in [3.05, 3.63) is 12.2 Å². The van der Waals surface area contributed by atoms with E-state index < -0.39 is 6.23 Å². The molecular formula is C27H42N4O7S. The Labute approximate surface area is 234 Å². The quantitative estimate of drug-likeness (QED) is 0.184. The van der Waals surface area contributed by atoms with Gasteiger partial charge in [0.2, 0.25) is 29.5 Å². The lowest BCUT2D eigenvalue weighted by Gasteiger charge is -2.28. The maximum atomic E-state index is 12.5. The number of aliphatic hydroxyl groups is 1. The number of hydrogen-bond acceptors (Lipinski definition) is 8. The van der Waals surface area contributed by atoms with Gasteiger partial charge in [-0.15, -0.1) is 11.8 Å². The molecule has 5 amide bonds. The number of rotatable bonds is 16. The third-order valence-corrected chi connectivity index (χ3v) is 8.74. The van der Waals surface area contributed by atoms with Gasteiger partial charge in [0.25, 0.3) is 0 Å². The summed E-state index contributed by atoms with van der Waals surface area (Å²) in [6.45, 7) is 2.14. The predicted molar refractivity (Wildman–Crippen MR) is 146 cm³/mol. The van der Waals surface area contributed by atoms with E-state index in [1.165, 1.54) is 33.7 Å². The highest BCUT2D eigenvalue weighted by atomic mass is 32.2. The van der Waals surface area contributed by atoms with Crippen LogP contribution in [-0.2, 0) is 28.7 Å². The minimum Gasteiger partial charge on any atom is -0.384 e. The second kappa shape index (κ2) is 16.0. The molecule has 0 aromatic carbocycles. The number of nitrogens with zero attached hydrogens (tertiary/aromatic N) is 2. The molecule has 1 aliphatic carbocycles. The van der Waals surface area contributed by atoms with E-state index >= 15 is 0 Å². The summed E-state index contributed by atoms with van der Waals surface area (Å²) in [5.74, 6) is 0.476. The first kappa shape index (κ1) is 31.1. The zero-order valence-electron chi connectivity index (χ0n) is 22.8. The first-order valence-electron chi connectivity index (χ1n) is 14.0. The van der Waals surface area contributed by atoms with Gasteiger partial charge >= 0.3 is 0 Å². The van der Waals surface area contributed by atoms with E-state index in [0.29, 0.717) is 57.2 Å². The van der Waals surface area contributed by atoms with Crippen LogP contribution in [0.4, 0.5) is 0 Å². The molecular weight excluding hydrogens is 524 g/mol. The van der Waals surface area contributed by atoms with Crippen LogP contribution in [0.15, 0.2) is 12.2 Å². The predicted octanol–water partition coefficient (Wildman–Crippen LogP) is 0.810. The van der Waals surface area contributed by atoms with E-state index in [1.54, 1.807) is 7.11 Å². The molecule has 1 saturated carbocycles. The molecule has 0 aromatic rings. The van der Waals surface area contributed by atoms with Crippen LogP contribution in [-0.4, -0.2) is 102 Å². The molecule has 39 heavy (non-hydrogen) atoms. The van der Waals surface area contributed by atoms with E-state index in [4.69, 9.17) is 4.74 Å². The summed E-state index contributed by atoms with van der Waals surface area (Å²) in [5.41, 5.74) is 0. The summed E-state index contributed by atoms with van der Waals surface area (Å²) >= 11 is 1.47. The average Bonchev–Trinajstić information content (AvgIpc) is 3.39. The van der Waals surface area contributed by atoms with Gasteiger partial charge in [0.15, 0.2) is 0 Å². The number of unbranched alkanes of at least 4 members (excludes halogenated alkanes) is 2. The summed E-state index contributed by atoms with van der Waals surface area (Å²) < 4.78 is 5.00. The van der Waals surface area contributed by atoms with Crippen molar-refractivity contribution >= 4 is 41.3 Å². The van der Waals surface area contributed by atoms with E-state index in [2.05, 4.69) is 10.6 Å². The Kier molecular flexibility index (Phi) is 12.7. The molecule has 3 N–H and O–H groups in total. The van der Waals surface area contributed by atoms with Crippen molar-refractivity contribution in [1.82, 2.24) is 20.4 Å². The molecule has 0 radical (unpaired) electrons. The third-order valence-electron chi connectivity index (χ3n) is 7.57. The molecule has 3 aliphatic rings. The number of carbonyl (C=O) groups excluding carboxylic acids is 5. The van der Waals surface area contributed by atoms with E-state index in [1.807, 2.05) is 0 Å². The average molecular weight is 567 g/mol. The molecule has 0 bridgehead atoms. The number of hydrogen-bond donors (Lipinski definition) is 3. The van der Waals surface area contributed by atoms with Crippen molar-refractivity contribution in [1.29, 1.82) is 0 Å². The minimum absolute atomic E-state index is 0.00550. The van der Waals surface area contributed by atoms with Crippen molar-refractivity contribution in [3.63, 3.8) is 0 Å². The largest absolute Gasteiger partial charge is 0.384 e. The number of methoxy groups -OCH3 is 1. The Morgan fingerprint density at radius 3 is 2.54 bits per heavy atom. The van der Waals surface area contributed by atoms with Gasteiger partial charge < -0.3 is 25.4 Å². The molecule has 2 heterocycles. The molecule has 218 valence electrons. The Morgan fingerprint density at radius 1 is 1.08 bits per heavy atom. The second-order valence-corrected chi connectivity index (χ2v) is 11.7. The smallest absolute Gasteiger partial charge is 0.248 e. The first-order valence-corrected chi connectivity index (χ1v) is 15.0. The molecule has 12 heteroatoms. The lowest BCUT2D eigenvalue weighted by atomic mass is 9.81. The zero-order valence-corrected chi connectivity index (χ0v) is 23.6. The molecule has 0 spiro atoms. The van der Waals surface area contributed by atoms with Gasteiger partial charge in [-0.1, -0.05) is 6.42 Å². The molecule has 2 aliphatic heterocycles. The van der Waals surface area contributed by atoms with Crippen LogP contribution in [0.2, 0.25) is 0 Å². The van der Waals surface area contributed by atoms with Crippen LogP contribution in [0.1, 0.15) is 57.8 Å². The Hall–Kier alpha value is -2.44. The highest BCUT2D eigenvalue weighted by Crippen LogP contribution is 2.29. The number of carbonyl (C=O) groups is 5. The van der Waals surface area contributed by atoms with Gasteiger partial charge in [-0.25, -0.2) is 0 Å². The maximum Gasteiger partial charge on any atom is 0.248 e. The highest BCUT2D eigenvalue weighted by molar-refractivity contribution is 8.00. The lowest BCUT2D eigenvalue weighted by molar-refractivity contribution is -0.138. The van der Waals surface area contributed by atoms with Crippen LogP contribution < -0.4 is 10.6 Å². The zero-order chi connectivity index (χ0) is 28.2. The van der Waals surface area contributed by atoms with Crippen LogP contribution in [0.25, 0.3) is 0 Å². The summed E-state index contributed by atoms with van der Waals surface area (Å²) in [5, 5.41) is 15.3. The van der Waals surface area contributed by atoms with E-state index in [0.717, 1.165) is 32.1 Å². The topological polar surface area (TPSA) is 145 Å². The van der Waals surface area contributed by atoms with Gasteiger partial charge in [-0.2, -0.15) is 0 Å². The monoisotopic (exact) mass is 566 g/mol. The SMILES string of the molecule is COCCSC1CC(=O)N(CCCCCC(=O)NCC2CCC(C(=O)NCCN3C(=O)C=CC3O)CC2)C1=O. The molecule has 2 unspecified atom stereocenters. The number of ether oxygens (including phenoxy) is 1. The number of aliphatic hydroxyl groups excluding tert-OH is 1. The summed E-state index contributed by atoms with van der Waals surface area (Å²) in [4.78, 5) is 63.6. The van der Waals surface area contributed by atoms with Crippen LogP contribution in [0.3, 0.4) is 0 Å². The molecule has 1 saturated heterocycles. The van der Waals surface area contributed by atoms with E-state index in [9.17, 15) is 29.1 Å². The Bertz CT molecular complexity index is 907. The molecule has 0 aromatic heterocycles. The van der Waals surface area contributed by atoms with E-state index in [-0.39, 0.29) is 53.7 Å². The Morgan fingerprint density at radius 2 is 1.85 bits per heavy atom. The highest BCUT2D eigenvalue weighted by Gasteiger charge is 2.38. The van der Waals surface area contributed by atoms with Gasteiger partial charge in [0.05, 0.1) is 11.9 Å². The number of thioether (sulfide) groups is 1.